The van der Waals surface area contributed by atoms with Crippen molar-refractivity contribution in [1.82, 2.24) is 29.6 Å². The summed E-state index contributed by atoms with van der Waals surface area (Å²) in [6.45, 7) is 10.2. The molecule has 4 atom stereocenters. The van der Waals surface area contributed by atoms with Crippen molar-refractivity contribution in [3.8, 4) is 0 Å². The summed E-state index contributed by atoms with van der Waals surface area (Å²) in [7, 11) is 2.09. The van der Waals surface area contributed by atoms with E-state index in [0.717, 1.165) is 37.4 Å². The van der Waals surface area contributed by atoms with Crippen LogP contribution in [0, 0.1) is 12.8 Å². The van der Waals surface area contributed by atoms with E-state index in [9.17, 15) is 9.59 Å². The monoisotopic (exact) mass is 514 g/mol. The molecule has 1 aromatic heterocycles. The Bertz CT molecular complexity index is 1010. The van der Waals surface area contributed by atoms with Gasteiger partial charge in [-0.15, -0.1) is 11.8 Å². The van der Waals surface area contributed by atoms with Crippen LogP contribution in [-0.4, -0.2) is 79.7 Å². The van der Waals surface area contributed by atoms with Crippen LogP contribution in [0.3, 0.4) is 0 Å². The molecule has 2 bridgehead atoms. The Morgan fingerprint density at radius 3 is 2.53 bits per heavy atom. The minimum absolute atomic E-state index is 0.0313. The molecule has 1 aromatic rings. The van der Waals surface area contributed by atoms with Crippen LogP contribution in [-0.2, 0) is 22.6 Å². The van der Waals surface area contributed by atoms with Gasteiger partial charge in [0.1, 0.15) is 5.82 Å². The molecule has 4 aliphatic heterocycles. The van der Waals surface area contributed by atoms with E-state index in [1.807, 2.05) is 18.7 Å². The van der Waals surface area contributed by atoms with E-state index in [1.54, 1.807) is 18.7 Å². The minimum atomic E-state index is 0.0313. The van der Waals surface area contributed by atoms with Gasteiger partial charge in [-0.25, -0.2) is 4.98 Å². The summed E-state index contributed by atoms with van der Waals surface area (Å²) >= 11 is 1.80. The molecule has 0 spiro atoms. The van der Waals surface area contributed by atoms with Crippen LogP contribution >= 0.6 is 11.8 Å². The van der Waals surface area contributed by atoms with Crippen LogP contribution in [0.4, 0.5) is 0 Å². The summed E-state index contributed by atoms with van der Waals surface area (Å²) in [6.07, 6.45) is 8.84. The molecule has 0 aromatic carbocycles. The molecule has 4 aliphatic rings. The minimum Gasteiger partial charge on any atom is -0.366 e. The second-order valence-electron chi connectivity index (χ2n) is 11.4. The van der Waals surface area contributed by atoms with Gasteiger partial charge in [0.2, 0.25) is 11.8 Å². The fourth-order valence-corrected chi connectivity index (χ4v) is 8.09. The predicted molar refractivity (Wildman–Crippen MR) is 143 cm³/mol. The lowest BCUT2D eigenvalue weighted by Crippen LogP contribution is -2.50. The molecule has 1 N–H and O–H groups in total. The SMILES string of the molecule is CC(=O)N[C@@H](CCN1C2CCC1CC(n1c(C)nc3c1CCN(C(=O)C(C)C)C3)C2)C1SC=CN1C. The number of likely N-dealkylation sites (N-methyl/N-ethyl adjacent to an activating group) is 1. The van der Waals surface area contributed by atoms with Crippen molar-refractivity contribution >= 4 is 23.6 Å². The standard InChI is InChI=1S/C27H42N6O2S/c1-17(2)26(35)31-10-9-25-24(16-31)28-18(3)33(25)22-14-20-6-7-21(15-22)32(20)11-8-23(29-19(4)34)27-30(5)12-13-36-27/h12-13,17,20-23,27H,6-11,14-16H2,1-5H3,(H,29,34)/t20?,21?,22?,23-,27?/m0/s1. The Labute approximate surface area is 219 Å². The average Bonchev–Trinajstić information content (AvgIpc) is 3.47. The zero-order valence-corrected chi connectivity index (χ0v) is 23.3. The lowest BCUT2D eigenvalue weighted by molar-refractivity contribution is -0.135. The van der Waals surface area contributed by atoms with Gasteiger partial charge in [-0.1, -0.05) is 13.8 Å². The number of amides is 2. The van der Waals surface area contributed by atoms with Gasteiger partial charge in [-0.3, -0.25) is 14.5 Å². The van der Waals surface area contributed by atoms with Crippen molar-refractivity contribution in [2.75, 3.05) is 20.1 Å². The lowest BCUT2D eigenvalue weighted by atomic mass is 9.95. The summed E-state index contributed by atoms with van der Waals surface area (Å²) in [5.41, 5.74) is 2.46. The van der Waals surface area contributed by atoms with Gasteiger partial charge in [-0.05, 0) is 44.4 Å². The van der Waals surface area contributed by atoms with Gasteiger partial charge in [0, 0.05) is 69.4 Å². The van der Waals surface area contributed by atoms with E-state index in [0.29, 0.717) is 24.7 Å². The Kier molecular flexibility index (Phi) is 7.41. The Morgan fingerprint density at radius 2 is 1.92 bits per heavy atom. The molecule has 2 saturated heterocycles. The maximum Gasteiger partial charge on any atom is 0.225 e. The number of carbonyl (C=O) groups excluding carboxylic acids is 2. The Balaban J connectivity index is 1.25. The first-order valence-corrected chi connectivity index (χ1v) is 14.6. The zero-order chi connectivity index (χ0) is 25.6. The molecule has 0 saturated carbocycles. The molecule has 0 radical (unpaired) electrons. The van der Waals surface area contributed by atoms with Crippen molar-refractivity contribution in [1.29, 1.82) is 0 Å². The topological polar surface area (TPSA) is 73.7 Å². The lowest BCUT2D eigenvalue weighted by Gasteiger charge is -2.41. The third-order valence-corrected chi connectivity index (χ3v) is 9.82. The molecule has 2 fully saturated rings. The molecule has 2 amide bonds. The van der Waals surface area contributed by atoms with Gasteiger partial charge < -0.3 is 19.7 Å². The highest BCUT2D eigenvalue weighted by Crippen LogP contribution is 2.43. The van der Waals surface area contributed by atoms with Crippen molar-refractivity contribution in [3.05, 3.63) is 28.8 Å². The molecule has 3 unspecified atom stereocenters. The molecular formula is C27H42N6O2S. The number of aryl methyl sites for hydroxylation is 1. The van der Waals surface area contributed by atoms with Gasteiger partial charge in [0.15, 0.2) is 0 Å². The third-order valence-electron chi connectivity index (χ3n) is 8.61. The second-order valence-corrected chi connectivity index (χ2v) is 12.4. The number of thioether (sulfide) groups is 1. The van der Waals surface area contributed by atoms with Crippen LogP contribution in [0.15, 0.2) is 11.6 Å². The fourth-order valence-electron chi connectivity index (χ4n) is 7.01. The van der Waals surface area contributed by atoms with E-state index < -0.39 is 0 Å². The first-order chi connectivity index (χ1) is 17.2. The van der Waals surface area contributed by atoms with Crippen molar-refractivity contribution < 1.29 is 9.59 Å². The average molecular weight is 515 g/mol. The summed E-state index contributed by atoms with van der Waals surface area (Å²) in [5.74, 6) is 1.42. The first kappa shape index (κ1) is 25.6. The highest BCUT2D eigenvalue weighted by atomic mass is 32.2. The molecule has 9 heteroatoms. The second kappa shape index (κ2) is 10.4. The summed E-state index contributed by atoms with van der Waals surface area (Å²) in [6, 6.07) is 1.83. The number of fused-ring (bicyclic) bond motifs is 3. The number of nitrogens with zero attached hydrogens (tertiary/aromatic N) is 5. The smallest absolute Gasteiger partial charge is 0.225 e. The summed E-state index contributed by atoms with van der Waals surface area (Å²) in [4.78, 5) is 36.4. The Hall–Kier alpha value is -2.00. The molecule has 0 aliphatic carbocycles. The number of rotatable bonds is 7. The summed E-state index contributed by atoms with van der Waals surface area (Å²) in [5, 5.41) is 5.62. The van der Waals surface area contributed by atoms with Crippen LogP contribution in [0.1, 0.15) is 76.1 Å². The third kappa shape index (κ3) is 4.93. The Morgan fingerprint density at radius 1 is 1.19 bits per heavy atom. The van der Waals surface area contributed by atoms with E-state index in [1.165, 1.54) is 31.4 Å². The van der Waals surface area contributed by atoms with E-state index in [4.69, 9.17) is 4.98 Å². The number of imidazole rings is 1. The highest BCUT2D eigenvalue weighted by Gasteiger charge is 2.43. The van der Waals surface area contributed by atoms with Gasteiger partial charge >= 0.3 is 0 Å². The van der Waals surface area contributed by atoms with Gasteiger partial charge in [0.25, 0.3) is 0 Å². The van der Waals surface area contributed by atoms with Gasteiger partial charge in [-0.2, -0.15) is 0 Å². The number of nitrogens with one attached hydrogen (secondary N) is 1. The van der Waals surface area contributed by atoms with Crippen LogP contribution in [0.5, 0.6) is 0 Å². The zero-order valence-electron chi connectivity index (χ0n) is 22.4. The van der Waals surface area contributed by atoms with Crippen LogP contribution in [0.25, 0.3) is 0 Å². The number of carbonyl (C=O) groups is 2. The normalized spacial score (nSPS) is 28.6. The maximum atomic E-state index is 12.6. The molecule has 5 rings (SSSR count). The number of aromatic nitrogens is 2. The van der Waals surface area contributed by atoms with E-state index >= 15 is 0 Å². The van der Waals surface area contributed by atoms with E-state index in [-0.39, 0.29) is 29.1 Å². The van der Waals surface area contributed by atoms with Crippen molar-refractivity contribution in [3.63, 3.8) is 0 Å². The quantitative estimate of drug-likeness (QED) is 0.602. The van der Waals surface area contributed by atoms with E-state index in [2.05, 4.69) is 45.3 Å². The maximum absolute atomic E-state index is 12.6. The largest absolute Gasteiger partial charge is 0.366 e. The van der Waals surface area contributed by atoms with Crippen molar-refractivity contribution in [2.45, 2.75) is 102 Å². The van der Waals surface area contributed by atoms with Crippen LogP contribution < -0.4 is 5.32 Å². The summed E-state index contributed by atoms with van der Waals surface area (Å²) < 4.78 is 2.53. The number of hydrogen-bond donors (Lipinski definition) is 1. The fraction of sp³-hybridized carbons (Fsp3) is 0.741. The van der Waals surface area contributed by atoms with Crippen LogP contribution in [0.2, 0.25) is 0 Å². The number of hydrogen-bond acceptors (Lipinski definition) is 6. The highest BCUT2D eigenvalue weighted by molar-refractivity contribution is 8.02. The molecular weight excluding hydrogens is 472 g/mol. The first-order valence-electron chi connectivity index (χ1n) is 13.6. The van der Waals surface area contributed by atoms with Crippen molar-refractivity contribution in [2.24, 2.45) is 5.92 Å². The molecule has 8 nitrogen and oxygen atoms in total. The molecule has 36 heavy (non-hydrogen) atoms. The molecule has 198 valence electrons. The predicted octanol–water partition coefficient (Wildman–Crippen LogP) is 3.27. The van der Waals surface area contributed by atoms with Gasteiger partial charge in [0.05, 0.1) is 23.7 Å². The molecule has 5 heterocycles. The number of piperidine rings is 1.